The lowest BCUT2D eigenvalue weighted by Gasteiger charge is -2.12. The van der Waals surface area contributed by atoms with Gasteiger partial charge < -0.3 is 4.57 Å². The van der Waals surface area contributed by atoms with E-state index in [2.05, 4.69) is 25.8 Å². The highest BCUT2D eigenvalue weighted by molar-refractivity contribution is 6.05. The molecule has 1 aliphatic heterocycles. The quantitative estimate of drug-likeness (QED) is 0.542. The van der Waals surface area contributed by atoms with Gasteiger partial charge in [-0.25, -0.2) is 4.98 Å². The van der Waals surface area contributed by atoms with Gasteiger partial charge in [0.1, 0.15) is 0 Å². The average Bonchev–Trinajstić information content (AvgIpc) is 3.34. The van der Waals surface area contributed by atoms with Crippen molar-refractivity contribution in [2.45, 2.75) is 27.3 Å². The highest BCUT2D eigenvalue weighted by Gasteiger charge is 2.31. The number of nitrogens with zero attached hydrogens (tertiary/aromatic N) is 6. The third-order valence-corrected chi connectivity index (χ3v) is 5.22. The Bertz CT molecular complexity index is 1240. The molecule has 1 amide bonds. The number of amides is 1. The molecule has 2 aromatic heterocycles. The van der Waals surface area contributed by atoms with Gasteiger partial charge in [0.05, 0.1) is 22.4 Å². The first-order valence-corrected chi connectivity index (χ1v) is 9.31. The van der Waals surface area contributed by atoms with Crippen LogP contribution < -0.4 is 4.90 Å². The Morgan fingerprint density at radius 1 is 1.00 bits per heavy atom. The van der Waals surface area contributed by atoms with E-state index in [1.54, 1.807) is 9.70 Å². The first kappa shape index (κ1) is 16.7. The van der Waals surface area contributed by atoms with Crippen molar-refractivity contribution in [1.29, 1.82) is 0 Å². The van der Waals surface area contributed by atoms with Crippen LogP contribution >= 0.6 is 0 Å². The summed E-state index contributed by atoms with van der Waals surface area (Å²) in [6.45, 7) is 7.20. The Balaban J connectivity index is 1.53. The first-order chi connectivity index (χ1) is 13.5. The number of fused-ring (bicyclic) bond motifs is 3. The van der Waals surface area contributed by atoms with Gasteiger partial charge in [-0.15, -0.1) is 5.10 Å². The standard InChI is InChI=1S/C21H20N6O/c1-13-8-9-17(14(2)12-13)27-23-15(3)19(24-27)20(28)26-11-10-25-18-7-5-4-6-16(18)22-21(25)26/h4-9,12H,10-11H2,1-3H3. The molecule has 7 heteroatoms. The summed E-state index contributed by atoms with van der Waals surface area (Å²) in [4.78, 5) is 21.2. The van der Waals surface area contributed by atoms with Crippen LogP contribution in [0.2, 0.25) is 0 Å². The van der Waals surface area contributed by atoms with Gasteiger partial charge in [0.15, 0.2) is 5.69 Å². The SMILES string of the molecule is Cc1ccc(-n2nc(C)c(C(=O)N3CCn4c3nc3ccccc34)n2)c(C)c1. The highest BCUT2D eigenvalue weighted by Crippen LogP contribution is 2.28. The number of hydrogen-bond donors (Lipinski definition) is 0. The maximum Gasteiger partial charge on any atom is 0.283 e. The van der Waals surface area contributed by atoms with Crippen molar-refractivity contribution in [2.24, 2.45) is 0 Å². The van der Waals surface area contributed by atoms with E-state index in [-0.39, 0.29) is 5.91 Å². The number of aryl methyl sites for hydroxylation is 3. The van der Waals surface area contributed by atoms with Crippen molar-refractivity contribution in [3.05, 3.63) is 65.0 Å². The number of imidazole rings is 1. The van der Waals surface area contributed by atoms with Gasteiger partial charge in [-0.1, -0.05) is 29.8 Å². The summed E-state index contributed by atoms with van der Waals surface area (Å²) in [5.41, 5.74) is 6.03. The molecule has 5 rings (SSSR count). The van der Waals surface area contributed by atoms with Crippen LogP contribution in [0.25, 0.3) is 16.7 Å². The zero-order valence-corrected chi connectivity index (χ0v) is 16.0. The number of aromatic nitrogens is 5. The van der Waals surface area contributed by atoms with E-state index in [1.165, 1.54) is 5.56 Å². The molecule has 0 atom stereocenters. The van der Waals surface area contributed by atoms with Crippen molar-refractivity contribution in [3.8, 4) is 5.69 Å². The molecule has 0 fully saturated rings. The minimum Gasteiger partial charge on any atom is -0.308 e. The number of rotatable bonds is 2. The highest BCUT2D eigenvalue weighted by atomic mass is 16.2. The predicted octanol–water partition coefficient (Wildman–Crippen LogP) is 3.20. The summed E-state index contributed by atoms with van der Waals surface area (Å²) in [5, 5.41) is 9.01. The molecule has 0 radical (unpaired) electrons. The lowest BCUT2D eigenvalue weighted by molar-refractivity contribution is 0.0983. The van der Waals surface area contributed by atoms with Gasteiger partial charge >= 0.3 is 0 Å². The van der Waals surface area contributed by atoms with Crippen LogP contribution in [0.5, 0.6) is 0 Å². The van der Waals surface area contributed by atoms with E-state index < -0.39 is 0 Å². The van der Waals surface area contributed by atoms with Crippen molar-refractivity contribution < 1.29 is 4.79 Å². The van der Waals surface area contributed by atoms with Crippen LogP contribution in [0.15, 0.2) is 42.5 Å². The zero-order valence-electron chi connectivity index (χ0n) is 16.0. The van der Waals surface area contributed by atoms with Crippen LogP contribution in [0.1, 0.15) is 27.3 Å². The molecule has 0 bridgehead atoms. The second-order valence-corrected chi connectivity index (χ2v) is 7.22. The second-order valence-electron chi connectivity index (χ2n) is 7.22. The third kappa shape index (κ3) is 2.43. The van der Waals surface area contributed by atoms with Crippen molar-refractivity contribution in [2.75, 3.05) is 11.4 Å². The van der Waals surface area contributed by atoms with E-state index >= 15 is 0 Å². The molecule has 2 aromatic carbocycles. The zero-order chi connectivity index (χ0) is 19.4. The third-order valence-electron chi connectivity index (χ3n) is 5.22. The largest absolute Gasteiger partial charge is 0.308 e. The number of hydrogen-bond acceptors (Lipinski definition) is 4. The molecule has 0 spiro atoms. The molecule has 4 aromatic rings. The van der Waals surface area contributed by atoms with Crippen LogP contribution in [-0.2, 0) is 6.54 Å². The smallest absolute Gasteiger partial charge is 0.283 e. The van der Waals surface area contributed by atoms with Crippen LogP contribution in [0.3, 0.4) is 0 Å². The molecular weight excluding hydrogens is 352 g/mol. The topological polar surface area (TPSA) is 68.8 Å². The number of anilines is 1. The fourth-order valence-electron chi connectivity index (χ4n) is 3.82. The van der Waals surface area contributed by atoms with Gasteiger partial charge in [0, 0.05) is 13.1 Å². The monoisotopic (exact) mass is 372 g/mol. The van der Waals surface area contributed by atoms with Crippen LogP contribution in [0, 0.1) is 20.8 Å². The molecule has 0 saturated carbocycles. The number of carbonyl (C=O) groups is 1. The average molecular weight is 372 g/mol. The molecule has 28 heavy (non-hydrogen) atoms. The Hall–Kier alpha value is -3.48. The van der Waals surface area contributed by atoms with Crippen LogP contribution in [-0.4, -0.2) is 37.0 Å². The number of benzene rings is 2. The maximum absolute atomic E-state index is 13.2. The normalized spacial score (nSPS) is 13.3. The van der Waals surface area contributed by atoms with Crippen LogP contribution in [0.4, 0.5) is 5.95 Å². The Morgan fingerprint density at radius 3 is 2.64 bits per heavy atom. The molecular formula is C21H20N6O. The molecule has 0 unspecified atom stereocenters. The molecule has 3 heterocycles. The van der Waals surface area contributed by atoms with Crippen molar-refractivity contribution in [1.82, 2.24) is 24.5 Å². The van der Waals surface area contributed by atoms with E-state index in [0.717, 1.165) is 28.8 Å². The fraction of sp³-hybridized carbons (Fsp3) is 0.238. The maximum atomic E-state index is 13.2. The Kier molecular flexibility index (Phi) is 3.58. The van der Waals surface area contributed by atoms with E-state index in [4.69, 9.17) is 0 Å². The number of carbonyl (C=O) groups excluding carboxylic acids is 1. The Labute approximate surface area is 162 Å². The Morgan fingerprint density at radius 2 is 1.82 bits per heavy atom. The van der Waals surface area contributed by atoms with Crippen molar-refractivity contribution >= 4 is 22.9 Å². The first-order valence-electron chi connectivity index (χ1n) is 9.31. The summed E-state index contributed by atoms with van der Waals surface area (Å²) in [7, 11) is 0. The lowest BCUT2D eigenvalue weighted by atomic mass is 10.1. The van der Waals surface area contributed by atoms with Gasteiger partial charge in [-0.2, -0.15) is 9.90 Å². The van der Waals surface area contributed by atoms with E-state index in [1.807, 2.05) is 57.2 Å². The molecule has 7 nitrogen and oxygen atoms in total. The molecule has 1 aliphatic rings. The van der Waals surface area contributed by atoms with Crippen molar-refractivity contribution in [3.63, 3.8) is 0 Å². The van der Waals surface area contributed by atoms with E-state index in [0.29, 0.717) is 23.9 Å². The minimum absolute atomic E-state index is 0.164. The predicted molar refractivity (Wildman–Crippen MR) is 107 cm³/mol. The summed E-state index contributed by atoms with van der Waals surface area (Å²) >= 11 is 0. The second kappa shape index (κ2) is 6.02. The number of para-hydroxylation sites is 2. The summed E-state index contributed by atoms with van der Waals surface area (Å²) in [5.74, 6) is 0.509. The van der Waals surface area contributed by atoms with Gasteiger partial charge in [-0.3, -0.25) is 9.69 Å². The summed E-state index contributed by atoms with van der Waals surface area (Å²) in [6.07, 6.45) is 0. The summed E-state index contributed by atoms with van der Waals surface area (Å²) < 4.78 is 2.08. The molecule has 0 aliphatic carbocycles. The minimum atomic E-state index is -0.164. The molecule has 0 saturated heterocycles. The molecule has 140 valence electrons. The van der Waals surface area contributed by atoms with Gasteiger partial charge in [0.25, 0.3) is 5.91 Å². The fourth-order valence-corrected chi connectivity index (χ4v) is 3.82. The molecule has 0 N–H and O–H groups in total. The summed E-state index contributed by atoms with van der Waals surface area (Å²) in [6, 6.07) is 14.0. The van der Waals surface area contributed by atoms with E-state index in [9.17, 15) is 4.79 Å². The lowest BCUT2D eigenvalue weighted by Crippen LogP contribution is -2.30. The van der Waals surface area contributed by atoms with Gasteiger partial charge in [-0.05, 0) is 44.5 Å². The van der Waals surface area contributed by atoms with Gasteiger partial charge in [0.2, 0.25) is 5.95 Å².